The molecule has 0 atom stereocenters. The minimum absolute atomic E-state index is 0.152. The van der Waals surface area contributed by atoms with Gasteiger partial charge in [-0.1, -0.05) is 35.7 Å². The van der Waals surface area contributed by atoms with Gasteiger partial charge in [0, 0.05) is 18.0 Å². The Morgan fingerprint density at radius 2 is 1.91 bits per heavy atom. The predicted octanol–water partition coefficient (Wildman–Crippen LogP) is 2.38. The lowest BCUT2D eigenvalue weighted by Gasteiger charge is -2.17. The Bertz CT molecular complexity index is 1400. The van der Waals surface area contributed by atoms with Gasteiger partial charge in [-0.2, -0.15) is 0 Å². The van der Waals surface area contributed by atoms with Crippen LogP contribution in [0.15, 0.2) is 39.0 Å². The number of halogens is 1. The van der Waals surface area contributed by atoms with Crippen LogP contribution in [0.3, 0.4) is 0 Å². The fraction of sp³-hybridized carbons (Fsp3) is 0.238. The van der Waals surface area contributed by atoms with Gasteiger partial charge in [-0.3, -0.25) is 23.9 Å². The number of amides is 1. The molecule has 1 fully saturated rings. The summed E-state index contributed by atoms with van der Waals surface area (Å²) in [7, 11) is 0. The number of thioether (sulfide) groups is 2. The predicted molar refractivity (Wildman–Crippen MR) is 134 cm³/mol. The van der Waals surface area contributed by atoms with E-state index in [1.807, 2.05) is 17.9 Å². The van der Waals surface area contributed by atoms with Crippen molar-refractivity contribution in [3.8, 4) is 0 Å². The number of aliphatic carboxylic acids is 1. The zero-order chi connectivity index (χ0) is 23.9. The second-order valence-electron chi connectivity index (χ2n) is 6.93. The molecule has 3 heterocycles. The van der Waals surface area contributed by atoms with E-state index in [0.29, 0.717) is 22.3 Å². The number of carbonyl (C=O) groups excluding carboxylic acids is 1. The highest BCUT2D eigenvalue weighted by molar-refractivity contribution is 8.30. The first-order valence-corrected chi connectivity index (χ1v) is 12.8. The molecule has 2 aliphatic rings. The van der Waals surface area contributed by atoms with Crippen LogP contribution in [-0.4, -0.2) is 43.9 Å². The average Bonchev–Trinajstić information content (AvgIpc) is 3.37. The Labute approximate surface area is 205 Å². The molecule has 0 spiro atoms. The number of allylic oxidation sites excluding steroid dienone is 1. The molecule has 2 aliphatic heterocycles. The molecule has 0 bridgehead atoms. The van der Waals surface area contributed by atoms with Crippen molar-refractivity contribution in [1.29, 1.82) is 0 Å². The number of hydrogen-bond acceptors (Lipinski definition) is 8. The van der Waals surface area contributed by atoms with Gasteiger partial charge >= 0.3 is 5.97 Å². The van der Waals surface area contributed by atoms with Gasteiger partial charge in [0.1, 0.15) is 26.3 Å². The third kappa shape index (κ3) is 4.39. The van der Waals surface area contributed by atoms with E-state index in [1.54, 1.807) is 19.1 Å². The highest BCUT2D eigenvalue weighted by Crippen LogP contribution is 2.45. The molecule has 7 nitrogen and oxygen atoms in total. The average molecular weight is 524 g/mol. The van der Waals surface area contributed by atoms with E-state index in [0.717, 1.165) is 43.6 Å². The number of aromatic nitrogens is 1. The smallest absolute Gasteiger partial charge is 0.323 e. The van der Waals surface area contributed by atoms with Crippen LogP contribution in [-0.2, 0) is 16.1 Å². The van der Waals surface area contributed by atoms with Crippen LogP contribution in [0.4, 0.5) is 10.1 Å². The number of rotatable bonds is 5. The number of benzene rings is 1. The number of thiocarbonyl (C=S) groups is 1. The molecule has 1 aromatic carbocycles. The van der Waals surface area contributed by atoms with E-state index >= 15 is 0 Å². The van der Waals surface area contributed by atoms with Gasteiger partial charge in [0.05, 0.1) is 15.2 Å². The van der Waals surface area contributed by atoms with Crippen molar-refractivity contribution in [2.75, 3.05) is 18.0 Å². The van der Waals surface area contributed by atoms with Crippen molar-refractivity contribution < 1.29 is 19.1 Å². The summed E-state index contributed by atoms with van der Waals surface area (Å²) in [5.41, 5.74) is 0.544. The molecule has 33 heavy (non-hydrogen) atoms. The number of carboxylic acids is 1. The minimum Gasteiger partial charge on any atom is -0.480 e. The molecule has 0 saturated carbocycles. The normalized spacial score (nSPS) is 19.2. The van der Waals surface area contributed by atoms with Crippen LogP contribution < -0.4 is 19.7 Å². The maximum absolute atomic E-state index is 13.7. The largest absolute Gasteiger partial charge is 0.480 e. The summed E-state index contributed by atoms with van der Waals surface area (Å²) < 4.78 is 16.2. The first-order chi connectivity index (χ1) is 15.7. The van der Waals surface area contributed by atoms with Crippen molar-refractivity contribution in [1.82, 2.24) is 9.47 Å². The number of anilines is 1. The summed E-state index contributed by atoms with van der Waals surface area (Å²) in [5.74, 6) is -1.98. The number of fused-ring (bicyclic) bond motifs is 1. The highest BCUT2D eigenvalue weighted by atomic mass is 32.2. The van der Waals surface area contributed by atoms with E-state index in [-0.39, 0.29) is 20.6 Å². The quantitative estimate of drug-likeness (QED) is 0.599. The van der Waals surface area contributed by atoms with Crippen molar-refractivity contribution in [2.24, 2.45) is 0 Å². The molecular weight excluding hydrogens is 506 g/mol. The van der Waals surface area contributed by atoms with E-state index in [4.69, 9.17) is 17.3 Å². The lowest BCUT2D eigenvalue weighted by molar-refractivity contribution is -0.140. The van der Waals surface area contributed by atoms with E-state index in [2.05, 4.69) is 0 Å². The number of nitrogens with zero attached hydrogens (tertiary/aromatic N) is 3. The van der Waals surface area contributed by atoms with Gasteiger partial charge in [0.25, 0.3) is 11.5 Å². The topological polar surface area (TPSA) is 82.8 Å². The molecule has 2 aromatic rings. The molecule has 1 saturated heterocycles. The Hall–Kier alpha value is -2.41. The molecule has 4 rings (SSSR count). The fourth-order valence-electron chi connectivity index (χ4n) is 3.46. The van der Waals surface area contributed by atoms with Crippen molar-refractivity contribution >= 4 is 79.9 Å². The molecule has 0 radical (unpaired) electrons. The van der Waals surface area contributed by atoms with Gasteiger partial charge in [-0.15, -0.1) is 11.3 Å². The molecule has 1 aromatic heterocycles. The molecule has 1 N–H and O–H groups in total. The summed E-state index contributed by atoms with van der Waals surface area (Å²) >= 11 is 8.83. The molecule has 0 unspecified atom stereocenters. The van der Waals surface area contributed by atoms with Crippen molar-refractivity contribution in [3.63, 3.8) is 0 Å². The van der Waals surface area contributed by atoms with Crippen LogP contribution in [0.1, 0.15) is 13.8 Å². The fourth-order valence-corrected chi connectivity index (χ4v) is 7.09. The van der Waals surface area contributed by atoms with Crippen LogP contribution in [0.2, 0.25) is 0 Å². The number of carboxylic acid groups (broad SMARTS) is 1. The lowest BCUT2D eigenvalue weighted by Crippen LogP contribution is -2.35. The van der Waals surface area contributed by atoms with Gasteiger partial charge < -0.3 is 10.0 Å². The van der Waals surface area contributed by atoms with Crippen LogP contribution in [0.5, 0.6) is 0 Å². The molecule has 0 aliphatic carbocycles. The Balaban J connectivity index is 1.78. The van der Waals surface area contributed by atoms with Gasteiger partial charge in [0.2, 0.25) is 0 Å². The minimum atomic E-state index is -1.16. The Kier molecular flexibility index (Phi) is 6.80. The number of hydrogen-bond donors (Lipinski definition) is 1. The number of thiazole rings is 1. The van der Waals surface area contributed by atoms with E-state index in [1.165, 1.54) is 28.5 Å². The Morgan fingerprint density at radius 1 is 1.15 bits per heavy atom. The molecular formula is C21H18FN3O4S4. The van der Waals surface area contributed by atoms with Crippen LogP contribution in [0.25, 0.3) is 11.0 Å². The van der Waals surface area contributed by atoms with Crippen LogP contribution >= 0.6 is 47.1 Å². The van der Waals surface area contributed by atoms with Gasteiger partial charge in [0.15, 0.2) is 0 Å². The van der Waals surface area contributed by atoms with E-state index < -0.39 is 18.4 Å². The highest BCUT2D eigenvalue weighted by Gasteiger charge is 2.35. The third-order valence-electron chi connectivity index (χ3n) is 4.95. The maximum atomic E-state index is 13.7. The maximum Gasteiger partial charge on any atom is 0.323 e. The van der Waals surface area contributed by atoms with Gasteiger partial charge in [-0.05, 0) is 44.2 Å². The molecule has 172 valence electrons. The zero-order valence-corrected chi connectivity index (χ0v) is 20.8. The number of carbonyl (C=O) groups is 2. The third-order valence-corrected chi connectivity index (χ3v) is 8.79. The first kappa shape index (κ1) is 23.7. The van der Waals surface area contributed by atoms with Crippen LogP contribution in [0, 0.1) is 5.82 Å². The summed E-state index contributed by atoms with van der Waals surface area (Å²) in [6, 6.07) is 4.65. The van der Waals surface area contributed by atoms with Crippen molar-refractivity contribution in [2.45, 2.75) is 25.3 Å². The first-order valence-electron chi connectivity index (χ1n) is 9.91. The van der Waals surface area contributed by atoms with Crippen molar-refractivity contribution in [3.05, 3.63) is 54.7 Å². The second kappa shape index (κ2) is 9.45. The molecule has 12 heteroatoms. The molecule has 1 amide bonds. The Morgan fingerprint density at radius 3 is 2.58 bits per heavy atom. The summed E-state index contributed by atoms with van der Waals surface area (Å²) in [6.07, 6.45) is 3.52. The summed E-state index contributed by atoms with van der Waals surface area (Å²) in [5, 5.41) is 9.91. The second-order valence-corrected chi connectivity index (χ2v) is 10.7. The SMILES string of the molecule is CCN1C(=CC=c2sc(=C3SC(=S)N(CC(=O)O)C3=O)n(CC)c2=O)Sc2ccc(F)cc21. The monoisotopic (exact) mass is 523 g/mol. The zero-order valence-electron chi connectivity index (χ0n) is 17.5. The lowest BCUT2D eigenvalue weighted by atomic mass is 10.3. The summed E-state index contributed by atoms with van der Waals surface area (Å²) in [4.78, 5) is 41.1. The van der Waals surface area contributed by atoms with E-state index in [9.17, 15) is 18.8 Å². The summed E-state index contributed by atoms with van der Waals surface area (Å²) in [6.45, 7) is 4.23. The van der Waals surface area contributed by atoms with Gasteiger partial charge in [-0.25, -0.2) is 4.39 Å². The standard InChI is InChI=1S/C21H18FN3O4S4/c1-3-23-12-9-11(22)5-6-13(12)31-15(23)8-7-14-18(28)24(4-2)20(32-14)17-19(29)25(10-16(26)27)21(30)33-17/h5-9H,3-4,10H2,1-2H3,(H,26,27).